The van der Waals surface area contributed by atoms with Gasteiger partial charge in [0.1, 0.15) is 5.15 Å². The van der Waals surface area contributed by atoms with Gasteiger partial charge < -0.3 is 4.90 Å². The van der Waals surface area contributed by atoms with Gasteiger partial charge in [0.15, 0.2) is 0 Å². The lowest BCUT2D eigenvalue weighted by Crippen LogP contribution is -2.39. The highest BCUT2D eigenvalue weighted by molar-refractivity contribution is 6.29. The zero-order valence-electron chi connectivity index (χ0n) is 11.6. The van der Waals surface area contributed by atoms with Gasteiger partial charge in [0.25, 0.3) is 5.91 Å². The van der Waals surface area contributed by atoms with Crippen molar-refractivity contribution in [2.75, 3.05) is 13.1 Å². The molecular weight excluding hydrogens is 286 g/mol. The maximum absolute atomic E-state index is 12.5. The maximum atomic E-state index is 12.5. The molecule has 21 heavy (non-hydrogen) atoms. The third kappa shape index (κ3) is 3.22. The van der Waals surface area contributed by atoms with E-state index in [4.69, 9.17) is 11.6 Å². The van der Waals surface area contributed by atoms with Gasteiger partial charge in [-0.2, -0.15) is 0 Å². The molecule has 0 bridgehead atoms. The molecule has 2 aromatic rings. The van der Waals surface area contributed by atoms with Gasteiger partial charge >= 0.3 is 0 Å². The first-order chi connectivity index (χ1) is 10.2. The van der Waals surface area contributed by atoms with Gasteiger partial charge in [0.05, 0.1) is 0 Å². The standard InChI is InChI=1S/C16H16ClN3O/c17-15-10-12(6-8-19-15)16(21)20-9-3-4-13(11-20)14-5-1-2-7-18-14/h1-2,5-8,10,13H,3-4,9,11H2/t13-/m0/s1. The van der Waals surface area contributed by atoms with Crippen molar-refractivity contribution in [1.29, 1.82) is 0 Å². The second-order valence-corrected chi connectivity index (χ2v) is 5.60. The molecule has 1 aliphatic rings. The first kappa shape index (κ1) is 14.0. The molecule has 4 nitrogen and oxygen atoms in total. The fourth-order valence-electron chi connectivity index (χ4n) is 2.74. The lowest BCUT2D eigenvalue weighted by molar-refractivity contribution is 0.0706. The van der Waals surface area contributed by atoms with E-state index in [1.807, 2.05) is 23.1 Å². The van der Waals surface area contributed by atoms with Crippen LogP contribution in [0.4, 0.5) is 0 Å². The van der Waals surface area contributed by atoms with Crippen LogP contribution in [0.5, 0.6) is 0 Å². The molecule has 1 fully saturated rings. The molecule has 1 aliphatic heterocycles. The van der Waals surface area contributed by atoms with Crippen LogP contribution in [0.15, 0.2) is 42.7 Å². The summed E-state index contributed by atoms with van der Waals surface area (Å²) in [5.74, 6) is 0.321. The summed E-state index contributed by atoms with van der Waals surface area (Å²) in [5, 5.41) is 0.346. The van der Waals surface area contributed by atoms with Gasteiger partial charge in [0.2, 0.25) is 0 Å². The Morgan fingerprint density at radius 1 is 1.24 bits per heavy atom. The second kappa shape index (κ2) is 6.22. The summed E-state index contributed by atoms with van der Waals surface area (Å²) < 4.78 is 0. The molecule has 1 atom stereocenters. The third-order valence-electron chi connectivity index (χ3n) is 3.79. The van der Waals surface area contributed by atoms with Gasteiger partial charge in [-0.15, -0.1) is 0 Å². The van der Waals surface area contributed by atoms with Crippen molar-refractivity contribution in [3.63, 3.8) is 0 Å². The number of halogens is 1. The number of amides is 1. The van der Waals surface area contributed by atoms with Crippen LogP contribution < -0.4 is 0 Å². The molecule has 0 saturated carbocycles. The monoisotopic (exact) mass is 301 g/mol. The largest absolute Gasteiger partial charge is 0.338 e. The van der Waals surface area contributed by atoms with Crippen LogP contribution in [-0.2, 0) is 0 Å². The number of pyridine rings is 2. The number of hydrogen-bond acceptors (Lipinski definition) is 3. The summed E-state index contributed by atoms with van der Waals surface area (Å²) in [6.07, 6.45) is 5.43. The molecule has 3 rings (SSSR count). The molecular formula is C16H16ClN3O. The van der Waals surface area contributed by atoms with E-state index >= 15 is 0 Å². The Kier molecular flexibility index (Phi) is 4.15. The van der Waals surface area contributed by atoms with E-state index in [0.29, 0.717) is 23.2 Å². The van der Waals surface area contributed by atoms with Crippen molar-refractivity contribution >= 4 is 17.5 Å². The van der Waals surface area contributed by atoms with Crippen LogP contribution in [0.2, 0.25) is 5.15 Å². The Morgan fingerprint density at radius 2 is 2.14 bits per heavy atom. The smallest absolute Gasteiger partial charge is 0.254 e. The summed E-state index contributed by atoms with van der Waals surface area (Å²) in [6.45, 7) is 1.48. The first-order valence-corrected chi connectivity index (χ1v) is 7.43. The first-order valence-electron chi connectivity index (χ1n) is 7.06. The topological polar surface area (TPSA) is 46.1 Å². The van der Waals surface area contributed by atoms with Crippen LogP contribution in [-0.4, -0.2) is 33.9 Å². The predicted molar refractivity (Wildman–Crippen MR) is 81.4 cm³/mol. The molecule has 0 spiro atoms. The Balaban J connectivity index is 1.75. The molecule has 0 unspecified atom stereocenters. The average Bonchev–Trinajstić information content (AvgIpc) is 2.55. The van der Waals surface area contributed by atoms with Crippen LogP contribution in [0.1, 0.15) is 34.8 Å². The number of hydrogen-bond donors (Lipinski definition) is 0. The molecule has 1 saturated heterocycles. The van der Waals surface area contributed by atoms with Crippen molar-refractivity contribution in [1.82, 2.24) is 14.9 Å². The van der Waals surface area contributed by atoms with E-state index in [1.165, 1.54) is 0 Å². The fraction of sp³-hybridized carbons (Fsp3) is 0.312. The van der Waals surface area contributed by atoms with E-state index in [-0.39, 0.29) is 5.91 Å². The van der Waals surface area contributed by atoms with Crippen LogP contribution in [0.3, 0.4) is 0 Å². The number of rotatable bonds is 2. The van der Waals surface area contributed by atoms with Gasteiger partial charge in [-0.05, 0) is 37.1 Å². The zero-order valence-corrected chi connectivity index (χ0v) is 12.3. The van der Waals surface area contributed by atoms with Crippen molar-refractivity contribution in [3.8, 4) is 0 Å². The quantitative estimate of drug-likeness (QED) is 0.801. The zero-order chi connectivity index (χ0) is 14.7. The second-order valence-electron chi connectivity index (χ2n) is 5.21. The minimum Gasteiger partial charge on any atom is -0.338 e. The van der Waals surface area contributed by atoms with E-state index in [9.17, 15) is 4.79 Å². The summed E-state index contributed by atoms with van der Waals surface area (Å²) >= 11 is 5.86. The minimum absolute atomic E-state index is 0.0138. The highest BCUT2D eigenvalue weighted by Gasteiger charge is 2.26. The van der Waals surface area contributed by atoms with Crippen molar-refractivity contribution in [3.05, 3.63) is 59.1 Å². The van der Waals surface area contributed by atoms with E-state index in [2.05, 4.69) is 9.97 Å². The maximum Gasteiger partial charge on any atom is 0.254 e. The Hall–Kier alpha value is -1.94. The Bertz CT molecular complexity index is 632. The van der Waals surface area contributed by atoms with Gasteiger partial charge in [-0.3, -0.25) is 9.78 Å². The van der Waals surface area contributed by atoms with Crippen LogP contribution in [0, 0.1) is 0 Å². The summed E-state index contributed by atoms with van der Waals surface area (Å²) in [6, 6.07) is 9.26. The van der Waals surface area contributed by atoms with Crippen molar-refractivity contribution in [2.24, 2.45) is 0 Å². The van der Waals surface area contributed by atoms with E-state index < -0.39 is 0 Å². The number of nitrogens with zero attached hydrogens (tertiary/aromatic N) is 3. The van der Waals surface area contributed by atoms with E-state index in [1.54, 1.807) is 24.5 Å². The molecule has 0 N–H and O–H groups in total. The highest BCUT2D eigenvalue weighted by Crippen LogP contribution is 2.26. The Labute approximate surface area is 128 Å². The Morgan fingerprint density at radius 3 is 2.90 bits per heavy atom. The number of likely N-dealkylation sites (tertiary alicyclic amines) is 1. The number of aromatic nitrogens is 2. The number of carbonyl (C=O) groups excluding carboxylic acids is 1. The van der Waals surface area contributed by atoms with E-state index in [0.717, 1.165) is 25.1 Å². The third-order valence-corrected chi connectivity index (χ3v) is 3.99. The minimum atomic E-state index is 0.0138. The van der Waals surface area contributed by atoms with Gasteiger partial charge in [-0.25, -0.2) is 4.98 Å². The molecule has 0 radical (unpaired) electrons. The lowest BCUT2D eigenvalue weighted by atomic mass is 9.94. The SMILES string of the molecule is O=C(c1ccnc(Cl)c1)N1CCC[C@H](c2ccccn2)C1. The van der Waals surface area contributed by atoms with Gasteiger partial charge in [-0.1, -0.05) is 17.7 Å². The lowest BCUT2D eigenvalue weighted by Gasteiger charge is -2.32. The summed E-state index contributed by atoms with van der Waals surface area (Å²) in [5.41, 5.74) is 1.65. The molecule has 0 aromatic carbocycles. The molecule has 3 heterocycles. The number of carbonyl (C=O) groups is 1. The molecule has 108 valence electrons. The van der Waals surface area contributed by atoms with Crippen LogP contribution in [0.25, 0.3) is 0 Å². The average molecular weight is 302 g/mol. The molecule has 5 heteroatoms. The summed E-state index contributed by atoms with van der Waals surface area (Å²) in [4.78, 5) is 22.8. The summed E-state index contributed by atoms with van der Waals surface area (Å²) in [7, 11) is 0. The van der Waals surface area contributed by atoms with Crippen molar-refractivity contribution < 1.29 is 4.79 Å². The van der Waals surface area contributed by atoms with Gasteiger partial charge in [0, 0.05) is 42.7 Å². The molecule has 0 aliphatic carbocycles. The van der Waals surface area contributed by atoms with Crippen LogP contribution >= 0.6 is 11.6 Å². The van der Waals surface area contributed by atoms with Crippen molar-refractivity contribution in [2.45, 2.75) is 18.8 Å². The predicted octanol–water partition coefficient (Wildman–Crippen LogP) is 3.15. The highest BCUT2D eigenvalue weighted by atomic mass is 35.5. The fourth-order valence-corrected chi connectivity index (χ4v) is 2.91. The molecule has 2 aromatic heterocycles. The number of piperidine rings is 1. The molecule has 1 amide bonds. The normalized spacial score (nSPS) is 18.5.